The Kier molecular flexibility index (Phi) is 4.53. The molecule has 0 saturated carbocycles. The number of piperidine rings is 1. The maximum absolute atomic E-state index is 12.8. The molecule has 3 rings (SSSR count). The summed E-state index contributed by atoms with van der Waals surface area (Å²) in [7, 11) is 1.78. The van der Waals surface area contributed by atoms with Gasteiger partial charge in [0.1, 0.15) is 11.2 Å². The highest BCUT2D eigenvalue weighted by Gasteiger charge is 2.53. The van der Waals surface area contributed by atoms with Crippen LogP contribution in [0.5, 0.6) is 0 Å². The van der Waals surface area contributed by atoms with Gasteiger partial charge in [0.05, 0.1) is 5.69 Å². The van der Waals surface area contributed by atoms with E-state index in [0.29, 0.717) is 38.2 Å². The van der Waals surface area contributed by atoms with E-state index in [0.717, 1.165) is 18.5 Å². The Hall–Kier alpha value is -2.38. The number of nitrogens with one attached hydrogen (secondary N) is 1. The van der Waals surface area contributed by atoms with E-state index in [4.69, 9.17) is 0 Å². The maximum atomic E-state index is 12.8. The average molecular weight is 347 g/mol. The molecule has 0 aliphatic carbocycles. The lowest BCUT2D eigenvalue weighted by molar-refractivity contribution is -0.128. The van der Waals surface area contributed by atoms with E-state index in [2.05, 4.69) is 17.3 Å². The Morgan fingerprint density at radius 3 is 2.56 bits per heavy atom. The molecule has 0 unspecified atom stereocenters. The van der Waals surface area contributed by atoms with Crippen molar-refractivity contribution >= 4 is 17.8 Å². The summed E-state index contributed by atoms with van der Waals surface area (Å²) in [6.45, 7) is 5.32. The summed E-state index contributed by atoms with van der Waals surface area (Å²) < 4.78 is 1.63. The van der Waals surface area contributed by atoms with Crippen LogP contribution in [-0.2, 0) is 18.3 Å². The van der Waals surface area contributed by atoms with Crippen molar-refractivity contribution in [2.75, 3.05) is 19.6 Å². The minimum absolute atomic E-state index is 0.0695. The van der Waals surface area contributed by atoms with Crippen LogP contribution in [0.2, 0.25) is 0 Å². The van der Waals surface area contributed by atoms with Crippen molar-refractivity contribution in [2.45, 2.75) is 45.1 Å². The zero-order chi connectivity index (χ0) is 18.2. The van der Waals surface area contributed by atoms with Crippen LogP contribution < -0.4 is 5.32 Å². The second-order valence-corrected chi connectivity index (χ2v) is 6.72. The Morgan fingerprint density at radius 2 is 1.96 bits per heavy atom. The number of imide groups is 1. The highest BCUT2D eigenvalue weighted by molar-refractivity contribution is 6.07. The lowest BCUT2D eigenvalue weighted by atomic mass is 9.86. The molecular formula is C17H25N5O3. The highest BCUT2D eigenvalue weighted by Crippen LogP contribution is 2.33. The Labute approximate surface area is 147 Å². The number of carbonyl (C=O) groups is 3. The normalized spacial score (nSPS) is 19.6. The number of urea groups is 1. The lowest BCUT2D eigenvalue weighted by Gasteiger charge is -2.41. The minimum Gasteiger partial charge on any atom is -0.337 e. The second kappa shape index (κ2) is 6.50. The number of amides is 4. The lowest BCUT2D eigenvalue weighted by Crippen LogP contribution is -2.57. The number of hydrogen-bond acceptors (Lipinski definition) is 4. The first kappa shape index (κ1) is 17.4. The third kappa shape index (κ3) is 2.79. The van der Waals surface area contributed by atoms with E-state index in [-0.39, 0.29) is 17.8 Å². The molecule has 8 heteroatoms. The van der Waals surface area contributed by atoms with Crippen molar-refractivity contribution in [1.82, 2.24) is 24.9 Å². The van der Waals surface area contributed by atoms with Crippen LogP contribution in [0.25, 0.3) is 0 Å². The van der Waals surface area contributed by atoms with E-state index >= 15 is 0 Å². The van der Waals surface area contributed by atoms with Gasteiger partial charge in [-0.3, -0.25) is 19.6 Å². The van der Waals surface area contributed by atoms with Crippen LogP contribution >= 0.6 is 0 Å². The van der Waals surface area contributed by atoms with Gasteiger partial charge < -0.3 is 9.80 Å². The average Bonchev–Trinajstić information content (AvgIpc) is 3.06. The number of rotatable bonds is 4. The van der Waals surface area contributed by atoms with Crippen LogP contribution in [0.15, 0.2) is 6.07 Å². The molecule has 3 heterocycles. The first-order valence-electron chi connectivity index (χ1n) is 8.88. The molecule has 0 radical (unpaired) electrons. The van der Waals surface area contributed by atoms with E-state index in [9.17, 15) is 14.4 Å². The molecule has 0 atom stereocenters. The Bertz CT molecular complexity index is 703. The topological polar surface area (TPSA) is 87.5 Å². The number of carbonyl (C=O) groups excluding carboxylic acids is 3. The van der Waals surface area contributed by atoms with E-state index in [1.54, 1.807) is 21.5 Å². The summed E-state index contributed by atoms with van der Waals surface area (Å²) in [5.74, 6) is -0.308. The third-order valence-electron chi connectivity index (χ3n) is 5.25. The quantitative estimate of drug-likeness (QED) is 0.821. The van der Waals surface area contributed by atoms with Crippen LogP contribution in [0.1, 0.15) is 49.3 Å². The van der Waals surface area contributed by atoms with Gasteiger partial charge >= 0.3 is 6.03 Å². The van der Waals surface area contributed by atoms with Gasteiger partial charge in [-0.25, -0.2) is 4.79 Å². The monoisotopic (exact) mass is 347 g/mol. The van der Waals surface area contributed by atoms with Crippen LogP contribution in [0, 0.1) is 0 Å². The van der Waals surface area contributed by atoms with Gasteiger partial charge in [0, 0.05) is 26.7 Å². The zero-order valence-electron chi connectivity index (χ0n) is 15.0. The zero-order valence-corrected chi connectivity index (χ0v) is 15.0. The molecule has 1 aromatic rings. The predicted molar refractivity (Wildman–Crippen MR) is 91.0 cm³/mol. The van der Waals surface area contributed by atoms with Crippen LogP contribution in [0.3, 0.4) is 0 Å². The molecule has 4 amide bonds. The van der Waals surface area contributed by atoms with Crippen molar-refractivity contribution in [1.29, 1.82) is 0 Å². The van der Waals surface area contributed by atoms with Gasteiger partial charge in [-0.05, 0) is 32.3 Å². The Balaban J connectivity index is 1.73. The largest absolute Gasteiger partial charge is 0.337 e. The van der Waals surface area contributed by atoms with Gasteiger partial charge in [0.25, 0.3) is 11.8 Å². The van der Waals surface area contributed by atoms with Gasteiger partial charge in [-0.2, -0.15) is 5.10 Å². The fraction of sp³-hybridized carbons (Fsp3) is 0.647. The fourth-order valence-corrected chi connectivity index (χ4v) is 3.89. The van der Waals surface area contributed by atoms with Gasteiger partial charge in [0.15, 0.2) is 0 Å². The molecule has 2 fully saturated rings. The molecule has 2 aliphatic rings. The van der Waals surface area contributed by atoms with Crippen molar-refractivity contribution in [3.8, 4) is 0 Å². The Morgan fingerprint density at radius 1 is 1.28 bits per heavy atom. The van der Waals surface area contributed by atoms with E-state index in [1.165, 1.54) is 0 Å². The minimum atomic E-state index is -0.803. The molecule has 136 valence electrons. The first-order valence-corrected chi connectivity index (χ1v) is 8.88. The summed E-state index contributed by atoms with van der Waals surface area (Å²) in [6, 6.07) is 1.52. The number of hydrogen-bond donors (Lipinski definition) is 1. The van der Waals surface area contributed by atoms with Crippen molar-refractivity contribution in [2.24, 2.45) is 7.05 Å². The molecule has 2 aliphatic heterocycles. The number of aryl methyl sites for hydroxylation is 2. The summed E-state index contributed by atoms with van der Waals surface area (Å²) in [6.07, 6.45) is 2.75. The van der Waals surface area contributed by atoms with Crippen LogP contribution in [0.4, 0.5) is 4.79 Å². The molecule has 1 aromatic heterocycles. The SMILES string of the molecule is CCCc1cc(C(=O)N2CCC3(CC2)C(=O)NC(=O)N3CC)n(C)n1. The van der Waals surface area contributed by atoms with Crippen molar-refractivity contribution < 1.29 is 14.4 Å². The van der Waals surface area contributed by atoms with Gasteiger partial charge in [0.2, 0.25) is 0 Å². The predicted octanol–water partition coefficient (Wildman–Crippen LogP) is 0.919. The molecule has 8 nitrogen and oxygen atoms in total. The highest BCUT2D eigenvalue weighted by atomic mass is 16.2. The summed E-state index contributed by atoms with van der Waals surface area (Å²) in [4.78, 5) is 40.4. The second-order valence-electron chi connectivity index (χ2n) is 6.72. The number of likely N-dealkylation sites (N-methyl/N-ethyl adjacent to an activating group) is 1. The van der Waals surface area contributed by atoms with Crippen LogP contribution in [-0.4, -0.2) is 62.6 Å². The smallest absolute Gasteiger partial charge is 0.325 e. The van der Waals surface area contributed by atoms with Crippen molar-refractivity contribution in [3.05, 3.63) is 17.5 Å². The molecule has 0 bridgehead atoms. The summed E-state index contributed by atoms with van der Waals surface area (Å²) in [5.41, 5.74) is 0.682. The number of nitrogens with zero attached hydrogens (tertiary/aromatic N) is 4. The van der Waals surface area contributed by atoms with E-state index < -0.39 is 5.54 Å². The molecule has 25 heavy (non-hydrogen) atoms. The standard InChI is InChI=1S/C17H25N5O3/c1-4-6-12-11-13(20(3)19-12)14(23)21-9-7-17(8-10-21)15(24)18-16(25)22(17)5-2/h11H,4-10H2,1-3H3,(H,18,24,25). The molecule has 1 N–H and O–H groups in total. The third-order valence-corrected chi connectivity index (χ3v) is 5.25. The maximum Gasteiger partial charge on any atom is 0.325 e. The van der Waals surface area contributed by atoms with Gasteiger partial charge in [-0.1, -0.05) is 13.3 Å². The molecule has 1 spiro atoms. The van der Waals surface area contributed by atoms with E-state index in [1.807, 2.05) is 13.0 Å². The molecule has 2 saturated heterocycles. The van der Waals surface area contributed by atoms with Crippen molar-refractivity contribution in [3.63, 3.8) is 0 Å². The summed E-state index contributed by atoms with van der Waals surface area (Å²) >= 11 is 0. The summed E-state index contributed by atoms with van der Waals surface area (Å²) in [5, 5.41) is 6.80. The number of likely N-dealkylation sites (tertiary alicyclic amines) is 1. The molecule has 0 aromatic carbocycles. The van der Waals surface area contributed by atoms with Gasteiger partial charge in [-0.15, -0.1) is 0 Å². The number of aromatic nitrogens is 2. The fourth-order valence-electron chi connectivity index (χ4n) is 3.89. The molecular weight excluding hydrogens is 322 g/mol. The first-order chi connectivity index (χ1) is 11.9.